The molecule has 0 saturated carbocycles. The third kappa shape index (κ3) is 2.98. The minimum atomic E-state index is 0.215. The average Bonchev–Trinajstić information content (AvgIpc) is 3.37. The Morgan fingerprint density at radius 2 is 1.75 bits per heavy atom. The Bertz CT molecular complexity index is 956. The number of anilines is 2. The Labute approximate surface area is 162 Å². The lowest BCUT2D eigenvalue weighted by molar-refractivity contribution is 0.0973. The minimum Gasteiger partial charge on any atom is -0.377 e. The van der Waals surface area contributed by atoms with E-state index in [-0.39, 0.29) is 12.1 Å². The van der Waals surface area contributed by atoms with Crippen LogP contribution in [0.4, 0.5) is 11.8 Å². The monoisotopic (exact) mass is 384 g/mol. The summed E-state index contributed by atoms with van der Waals surface area (Å²) in [5.41, 5.74) is 2.31. The highest BCUT2D eigenvalue weighted by Crippen LogP contribution is 2.30. The number of fused-ring (bicyclic) bond motifs is 1. The van der Waals surface area contributed by atoms with Crippen LogP contribution in [0, 0.1) is 0 Å². The first-order valence-electron chi connectivity index (χ1n) is 9.67. The first-order chi connectivity index (χ1) is 13.7. The van der Waals surface area contributed by atoms with Gasteiger partial charge in [-0.25, -0.2) is 4.98 Å². The first-order valence-corrected chi connectivity index (χ1v) is 9.67. The number of ether oxygens (including phenoxy) is 2. The van der Waals surface area contributed by atoms with Crippen molar-refractivity contribution in [2.75, 3.05) is 49.3 Å². The van der Waals surface area contributed by atoms with Crippen LogP contribution in [0.2, 0.25) is 0 Å². The van der Waals surface area contributed by atoms with Gasteiger partial charge in [0.2, 0.25) is 5.95 Å². The minimum absolute atomic E-state index is 0.215. The second kappa shape index (κ2) is 7.02. The van der Waals surface area contributed by atoms with Crippen LogP contribution in [-0.4, -0.2) is 81.7 Å². The van der Waals surface area contributed by atoms with Crippen LogP contribution < -0.4 is 9.80 Å². The number of nitrogens with zero attached hydrogens (tertiary/aromatic N) is 6. The van der Waals surface area contributed by atoms with Crippen molar-refractivity contribution in [3.8, 4) is 11.5 Å². The molecule has 0 amide bonds. The van der Waals surface area contributed by atoms with Crippen molar-refractivity contribution in [3.63, 3.8) is 0 Å². The van der Waals surface area contributed by atoms with Crippen LogP contribution in [0.5, 0.6) is 0 Å². The average molecular weight is 384 g/mol. The summed E-state index contributed by atoms with van der Waals surface area (Å²) in [5, 5.41) is 6.98. The number of H-pyrrole nitrogens is 2. The fourth-order valence-corrected chi connectivity index (χ4v) is 3.79. The Morgan fingerprint density at radius 3 is 2.43 bits per heavy atom. The number of imidazole rings is 1. The van der Waals surface area contributed by atoms with E-state index < -0.39 is 0 Å². The van der Waals surface area contributed by atoms with Gasteiger partial charge in [0, 0.05) is 19.3 Å². The molecule has 0 spiro atoms. The smallest absolute Gasteiger partial charge is 0.229 e. The van der Waals surface area contributed by atoms with E-state index in [1.807, 2.05) is 6.07 Å². The van der Waals surface area contributed by atoms with Crippen LogP contribution >= 0.6 is 0 Å². The molecule has 28 heavy (non-hydrogen) atoms. The van der Waals surface area contributed by atoms with Gasteiger partial charge in [0.25, 0.3) is 0 Å². The van der Waals surface area contributed by atoms with Crippen LogP contribution in [0.25, 0.3) is 22.7 Å². The second-order valence-corrected chi connectivity index (χ2v) is 7.34. The number of aromatic amines is 2. The molecule has 5 heterocycles. The van der Waals surface area contributed by atoms with E-state index in [9.17, 15) is 0 Å². The van der Waals surface area contributed by atoms with Gasteiger partial charge < -0.3 is 24.3 Å². The summed E-state index contributed by atoms with van der Waals surface area (Å²) < 4.78 is 11.2. The van der Waals surface area contributed by atoms with Crippen LogP contribution in [0.1, 0.15) is 13.8 Å². The SMILES string of the molecule is C[C@@H]1COCCN1c1nc(N2CCOC[C@H]2C)c2[nH]c(-c3ccn[nH]3)nc2n1. The molecular formula is C18H24N8O2. The second-order valence-electron chi connectivity index (χ2n) is 7.34. The van der Waals surface area contributed by atoms with Crippen LogP contribution in [-0.2, 0) is 9.47 Å². The Balaban J connectivity index is 1.65. The van der Waals surface area contributed by atoms with Gasteiger partial charge in [0.05, 0.1) is 38.5 Å². The van der Waals surface area contributed by atoms with Crippen LogP contribution in [0.3, 0.4) is 0 Å². The molecule has 0 aliphatic carbocycles. The molecule has 2 fully saturated rings. The summed E-state index contributed by atoms with van der Waals surface area (Å²) in [6, 6.07) is 2.32. The molecule has 0 bridgehead atoms. The molecule has 10 nitrogen and oxygen atoms in total. The maximum Gasteiger partial charge on any atom is 0.229 e. The predicted molar refractivity (Wildman–Crippen MR) is 105 cm³/mol. The predicted octanol–water partition coefficient (Wildman–Crippen LogP) is 1.19. The molecule has 0 aromatic carbocycles. The summed E-state index contributed by atoms with van der Waals surface area (Å²) in [6.45, 7) is 8.53. The zero-order valence-corrected chi connectivity index (χ0v) is 16.1. The third-order valence-corrected chi connectivity index (χ3v) is 5.34. The first kappa shape index (κ1) is 17.4. The molecule has 3 aromatic heterocycles. The number of morpholine rings is 2. The van der Waals surface area contributed by atoms with E-state index in [4.69, 9.17) is 24.4 Å². The van der Waals surface area contributed by atoms with Gasteiger partial charge in [-0.15, -0.1) is 0 Å². The molecule has 2 aliphatic rings. The fraction of sp³-hybridized carbons (Fsp3) is 0.556. The summed E-state index contributed by atoms with van der Waals surface area (Å²) >= 11 is 0. The van der Waals surface area contributed by atoms with Gasteiger partial charge in [-0.2, -0.15) is 15.1 Å². The summed E-state index contributed by atoms with van der Waals surface area (Å²) in [7, 11) is 0. The molecule has 2 saturated heterocycles. The molecule has 2 N–H and O–H groups in total. The van der Waals surface area contributed by atoms with Crippen molar-refractivity contribution >= 4 is 22.9 Å². The van der Waals surface area contributed by atoms with E-state index in [1.54, 1.807) is 6.20 Å². The highest BCUT2D eigenvalue weighted by atomic mass is 16.5. The quantitative estimate of drug-likeness (QED) is 0.693. The number of aromatic nitrogens is 6. The van der Waals surface area contributed by atoms with Gasteiger partial charge in [-0.3, -0.25) is 5.10 Å². The zero-order chi connectivity index (χ0) is 19.1. The van der Waals surface area contributed by atoms with E-state index in [2.05, 4.69) is 38.8 Å². The lowest BCUT2D eigenvalue weighted by Gasteiger charge is -2.36. The highest BCUT2D eigenvalue weighted by molar-refractivity contribution is 5.87. The highest BCUT2D eigenvalue weighted by Gasteiger charge is 2.28. The Morgan fingerprint density at radius 1 is 1.00 bits per heavy atom. The maximum atomic E-state index is 5.62. The van der Waals surface area contributed by atoms with E-state index in [0.717, 1.165) is 30.1 Å². The van der Waals surface area contributed by atoms with Crippen molar-refractivity contribution in [2.45, 2.75) is 25.9 Å². The molecule has 5 rings (SSSR count). The largest absolute Gasteiger partial charge is 0.377 e. The lowest BCUT2D eigenvalue weighted by atomic mass is 10.2. The van der Waals surface area contributed by atoms with Crippen molar-refractivity contribution in [1.29, 1.82) is 0 Å². The number of hydrogen-bond donors (Lipinski definition) is 2. The van der Waals surface area contributed by atoms with E-state index in [0.29, 0.717) is 43.8 Å². The maximum absolute atomic E-state index is 5.62. The van der Waals surface area contributed by atoms with Gasteiger partial charge in [-0.1, -0.05) is 0 Å². The lowest BCUT2D eigenvalue weighted by Crippen LogP contribution is -2.46. The molecule has 0 radical (unpaired) electrons. The summed E-state index contributed by atoms with van der Waals surface area (Å²) in [5.74, 6) is 2.27. The van der Waals surface area contributed by atoms with Crippen LogP contribution in [0.15, 0.2) is 12.3 Å². The third-order valence-electron chi connectivity index (χ3n) is 5.34. The summed E-state index contributed by atoms with van der Waals surface area (Å²) in [6.07, 6.45) is 1.71. The topological polar surface area (TPSA) is 108 Å². The van der Waals surface area contributed by atoms with Crippen molar-refractivity contribution in [1.82, 2.24) is 30.1 Å². The zero-order valence-electron chi connectivity index (χ0n) is 16.1. The number of hydrogen-bond acceptors (Lipinski definition) is 8. The molecule has 0 unspecified atom stereocenters. The molecular weight excluding hydrogens is 360 g/mol. The van der Waals surface area contributed by atoms with Crippen molar-refractivity contribution in [3.05, 3.63) is 12.3 Å². The normalized spacial score (nSPS) is 23.5. The van der Waals surface area contributed by atoms with Gasteiger partial charge in [0.1, 0.15) is 11.2 Å². The van der Waals surface area contributed by atoms with Gasteiger partial charge in [0.15, 0.2) is 17.3 Å². The molecule has 10 heteroatoms. The molecule has 3 aromatic rings. The summed E-state index contributed by atoms with van der Waals surface area (Å²) in [4.78, 5) is 22.3. The Hall–Kier alpha value is -2.72. The van der Waals surface area contributed by atoms with Crippen molar-refractivity contribution in [2.24, 2.45) is 0 Å². The van der Waals surface area contributed by atoms with Crippen molar-refractivity contribution < 1.29 is 9.47 Å². The number of rotatable bonds is 3. The standard InChI is InChI=1S/C18H24N8O2/c1-11-9-27-7-5-25(11)17-14-16(21-15(20-14)13-3-4-19-24-13)22-18(23-17)26-6-8-28-10-12(26)2/h3-4,11-12H,5-10H2,1-2H3,(H,19,24)(H,20,21,22,23)/t11-,12-/m1/s1. The van der Waals surface area contributed by atoms with Gasteiger partial charge in [-0.05, 0) is 19.9 Å². The molecule has 2 aliphatic heterocycles. The van der Waals surface area contributed by atoms with E-state index in [1.165, 1.54) is 0 Å². The number of nitrogens with one attached hydrogen (secondary N) is 2. The van der Waals surface area contributed by atoms with E-state index >= 15 is 0 Å². The molecule has 2 atom stereocenters. The Kier molecular flexibility index (Phi) is 4.36. The fourth-order valence-electron chi connectivity index (χ4n) is 3.79. The van der Waals surface area contributed by atoms with Gasteiger partial charge >= 0.3 is 0 Å². The molecule has 148 valence electrons.